The average Bonchev–Trinajstić information content (AvgIpc) is 3.35. The number of hydrogen-bond acceptors (Lipinski definition) is 4. The number of carbonyl (C=O) groups excluding carboxylic acids is 1. The predicted octanol–water partition coefficient (Wildman–Crippen LogP) is 1.25. The molecule has 1 aromatic rings. The lowest BCUT2D eigenvalue weighted by atomic mass is 10.1. The molecule has 1 aromatic carbocycles. The zero-order valence-corrected chi connectivity index (χ0v) is 13.8. The van der Waals surface area contributed by atoms with E-state index in [0.717, 1.165) is 25.1 Å². The average molecular weight is 339 g/mol. The molecule has 3 unspecified atom stereocenters. The topological polar surface area (TPSA) is 61.8 Å². The Kier molecular flexibility index (Phi) is 5.54. The lowest BCUT2D eigenvalue weighted by molar-refractivity contribution is -0.123. The number of nitrogens with one attached hydrogen (secondary N) is 1. The Labute approximate surface area is 141 Å². The first-order valence-electron chi connectivity index (χ1n) is 8.15. The smallest absolute Gasteiger partial charge is 0.223 e. The quantitative estimate of drug-likeness (QED) is 0.819. The monoisotopic (exact) mass is 338 g/mol. The van der Waals surface area contributed by atoms with E-state index >= 15 is 0 Å². The Balaban J connectivity index is 1.39. The van der Waals surface area contributed by atoms with E-state index in [0.29, 0.717) is 31.3 Å². The summed E-state index contributed by atoms with van der Waals surface area (Å²) < 4.78 is 5.28. The van der Waals surface area contributed by atoms with Crippen LogP contribution < -0.4 is 5.32 Å². The Morgan fingerprint density at radius 1 is 1.35 bits per heavy atom. The summed E-state index contributed by atoms with van der Waals surface area (Å²) in [6.45, 7) is 3.99. The molecule has 1 heterocycles. The fourth-order valence-electron chi connectivity index (χ4n) is 3.06. The molecule has 0 spiro atoms. The van der Waals surface area contributed by atoms with Crippen molar-refractivity contribution in [1.82, 2.24) is 10.2 Å². The highest BCUT2D eigenvalue weighted by molar-refractivity contribution is 6.30. The summed E-state index contributed by atoms with van der Waals surface area (Å²) in [4.78, 5) is 14.3. The normalized spacial score (nSPS) is 25.8. The van der Waals surface area contributed by atoms with Gasteiger partial charge in [0, 0.05) is 37.1 Å². The van der Waals surface area contributed by atoms with Gasteiger partial charge in [0.15, 0.2) is 0 Å². The molecule has 126 valence electrons. The summed E-state index contributed by atoms with van der Waals surface area (Å²) in [6, 6.07) is 7.67. The van der Waals surface area contributed by atoms with Crippen LogP contribution in [0.25, 0.3) is 0 Å². The van der Waals surface area contributed by atoms with Crippen molar-refractivity contribution in [2.45, 2.75) is 18.4 Å². The third-order valence-corrected chi connectivity index (χ3v) is 4.76. The number of aliphatic hydroxyl groups is 1. The Morgan fingerprint density at radius 2 is 2.04 bits per heavy atom. The van der Waals surface area contributed by atoms with E-state index in [-0.39, 0.29) is 17.7 Å². The van der Waals surface area contributed by atoms with Gasteiger partial charge in [-0.15, -0.1) is 0 Å². The molecule has 2 aliphatic rings. The molecule has 1 aliphatic heterocycles. The van der Waals surface area contributed by atoms with E-state index in [4.69, 9.17) is 16.3 Å². The molecule has 2 N–H and O–H groups in total. The van der Waals surface area contributed by atoms with Crippen molar-refractivity contribution < 1.29 is 14.6 Å². The van der Waals surface area contributed by atoms with Crippen molar-refractivity contribution in [1.29, 1.82) is 0 Å². The van der Waals surface area contributed by atoms with Crippen LogP contribution in [-0.4, -0.2) is 61.4 Å². The maximum atomic E-state index is 12.2. The summed E-state index contributed by atoms with van der Waals surface area (Å²) in [5.74, 6) is 0.335. The van der Waals surface area contributed by atoms with Crippen LogP contribution in [0.4, 0.5) is 0 Å². The molecule has 1 saturated carbocycles. The third kappa shape index (κ3) is 4.67. The van der Waals surface area contributed by atoms with Crippen LogP contribution in [0.3, 0.4) is 0 Å². The SMILES string of the molecule is O=C(NCC(O)CN1CCOCC1)C1CC1c1ccc(Cl)cc1. The van der Waals surface area contributed by atoms with Crippen LogP contribution >= 0.6 is 11.6 Å². The molecule has 2 fully saturated rings. The number of carbonyl (C=O) groups is 1. The van der Waals surface area contributed by atoms with Gasteiger partial charge >= 0.3 is 0 Å². The molecule has 23 heavy (non-hydrogen) atoms. The van der Waals surface area contributed by atoms with Crippen LogP contribution in [0.2, 0.25) is 5.02 Å². The van der Waals surface area contributed by atoms with E-state index in [1.54, 1.807) is 0 Å². The largest absolute Gasteiger partial charge is 0.390 e. The molecule has 1 saturated heterocycles. The molecule has 3 atom stereocenters. The van der Waals surface area contributed by atoms with Gasteiger partial charge in [-0.3, -0.25) is 9.69 Å². The number of aliphatic hydroxyl groups excluding tert-OH is 1. The van der Waals surface area contributed by atoms with Gasteiger partial charge in [0.25, 0.3) is 0 Å². The predicted molar refractivity (Wildman–Crippen MR) is 88.6 cm³/mol. The molecule has 3 rings (SSSR count). The zero-order valence-electron chi connectivity index (χ0n) is 13.1. The summed E-state index contributed by atoms with van der Waals surface area (Å²) in [7, 11) is 0. The van der Waals surface area contributed by atoms with Gasteiger partial charge in [-0.2, -0.15) is 0 Å². The molecule has 6 heteroatoms. The Hall–Kier alpha value is -1.14. The van der Waals surface area contributed by atoms with Gasteiger partial charge in [0.05, 0.1) is 19.3 Å². The van der Waals surface area contributed by atoms with Gasteiger partial charge in [-0.1, -0.05) is 23.7 Å². The molecule has 0 bridgehead atoms. The van der Waals surface area contributed by atoms with Crippen LogP contribution in [0.5, 0.6) is 0 Å². The second kappa shape index (κ2) is 7.62. The lowest BCUT2D eigenvalue weighted by Crippen LogP contribution is -2.44. The number of nitrogens with zero attached hydrogens (tertiary/aromatic N) is 1. The standard InChI is InChI=1S/C17H23ClN2O3/c18-13-3-1-12(2-4-13)15-9-16(15)17(22)19-10-14(21)11-20-5-7-23-8-6-20/h1-4,14-16,21H,5-11H2,(H,19,22). The van der Waals surface area contributed by atoms with Crippen LogP contribution in [-0.2, 0) is 9.53 Å². The zero-order chi connectivity index (χ0) is 16.2. The first-order valence-corrected chi connectivity index (χ1v) is 8.52. The summed E-state index contributed by atoms with van der Waals surface area (Å²) in [5.41, 5.74) is 1.16. The number of ether oxygens (including phenoxy) is 1. The maximum absolute atomic E-state index is 12.2. The van der Waals surface area contributed by atoms with Gasteiger partial charge in [-0.05, 0) is 30.0 Å². The van der Waals surface area contributed by atoms with Gasteiger partial charge in [0.1, 0.15) is 0 Å². The van der Waals surface area contributed by atoms with Crippen molar-refractivity contribution in [2.75, 3.05) is 39.4 Å². The van der Waals surface area contributed by atoms with Gasteiger partial charge < -0.3 is 15.2 Å². The Bertz CT molecular complexity index is 531. The number of β-amino-alcohol motifs (C(OH)–C–C–N with tert-alkyl or cyclic N) is 1. The minimum atomic E-state index is -0.537. The highest BCUT2D eigenvalue weighted by Gasteiger charge is 2.43. The van der Waals surface area contributed by atoms with Crippen molar-refractivity contribution in [3.05, 3.63) is 34.9 Å². The number of halogens is 1. The summed E-state index contributed by atoms with van der Waals surface area (Å²) >= 11 is 5.88. The van der Waals surface area contributed by atoms with Crippen molar-refractivity contribution in [3.8, 4) is 0 Å². The van der Waals surface area contributed by atoms with E-state index in [9.17, 15) is 9.90 Å². The first kappa shape index (κ1) is 16.7. The molecule has 1 aliphatic carbocycles. The molecule has 1 amide bonds. The highest BCUT2D eigenvalue weighted by atomic mass is 35.5. The molecule has 0 aromatic heterocycles. The fourth-order valence-corrected chi connectivity index (χ4v) is 3.18. The first-order chi connectivity index (χ1) is 11.1. The van der Waals surface area contributed by atoms with E-state index in [2.05, 4.69) is 10.2 Å². The molecular weight excluding hydrogens is 316 g/mol. The fraction of sp³-hybridized carbons (Fsp3) is 0.588. The summed E-state index contributed by atoms with van der Waals surface area (Å²) in [5, 5.41) is 13.6. The molecule has 0 radical (unpaired) electrons. The van der Waals surface area contributed by atoms with E-state index < -0.39 is 6.10 Å². The van der Waals surface area contributed by atoms with Gasteiger partial charge in [-0.25, -0.2) is 0 Å². The number of amides is 1. The molecule has 5 nitrogen and oxygen atoms in total. The van der Waals surface area contributed by atoms with Crippen LogP contribution in [0, 0.1) is 5.92 Å². The van der Waals surface area contributed by atoms with E-state index in [1.165, 1.54) is 0 Å². The number of rotatable bonds is 6. The third-order valence-electron chi connectivity index (χ3n) is 4.51. The van der Waals surface area contributed by atoms with Crippen molar-refractivity contribution in [3.63, 3.8) is 0 Å². The number of morpholine rings is 1. The minimum Gasteiger partial charge on any atom is -0.390 e. The van der Waals surface area contributed by atoms with Crippen molar-refractivity contribution in [2.24, 2.45) is 5.92 Å². The van der Waals surface area contributed by atoms with Crippen molar-refractivity contribution >= 4 is 17.5 Å². The van der Waals surface area contributed by atoms with Crippen LogP contribution in [0.15, 0.2) is 24.3 Å². The number of benzene rings is 1. The molecular formula is C17H23ClN2O3. The van der Waals surface area contributed by atoms with E-state index in [1.807, 2.05) is 24.3 Å². The number of hydrogen-bond donors (Lipinski definition) is 2. The summed E-state index contributed by atoms with van der Waals surface area (Å²) in [6.07, 6.45) is 0.331. The van der Waals surface area contributed by atoms with Gasteiger partial charge in [0.2, 0.25) is 5.91 Å². The maximum Gasteiger partial charge on any atom is 0.223 e. The second-order valence-corrected chi connectivity index (χ2v) is 6.75. The highest BCUT2D eigenvalue weighted by Crippen LogP contribution is 2.47. The second-order valence-electron chi connectivity index (χ2n) is 6.31. The lowest BCUT2D eigenvalue weighted by Gasteiger charge is -2.28. The minimum absolute atomic E-state index is 0.0202. The Morgan fingerprint density at radius 3 is 2.74 bits per heavy atom. The van der Waals surface area contributed by atoms with Crippen LogP contribution in [0.1, 0.15) is 17.9 Å².